The number of carbonyl (C=O) groups is 3. The van der Waals surface area contributed by atoms with Gasteiger partial charge >= 0.3 is 12.0 Å². The van der Waals surface area contributed by atoms with Crippen molar-refractivity contribution >= 4 is 28.8 Å². The molecule has 1 aliphatic heterocycles. The molecule has 0 radical (unpaired) electrons. The van der Waals surface area contributed by atoms with E-state index in [-0.39, 0.29) is 6.54 Å². The number of esters is 1. The Labute approximate surface area is 145 Å². The van der Waals surface area contributed by atoms with E-state index in [2.05, 4.69) is 10.3 Å². The van der Waals surface area contributed by atoms with E-state index < -0.39 is 24.0 Å². The van der Waals surface area contributed by atoms with Gasteiger partial charge in [-0.1, -0.05) is 18.2 Å². The number of benzene rings is 1. The van der Waals surface area contributed by atoms with E-state index in [0.717, 1.165) is 21.4 Å². The number of fused-ring (bicyclic) bond motifs is 1. The molecule has 0 spiro atoms. The minimum absolute atomic E-state index is 0.273. The molecule has 25 heavy (non-hydrogen) atoms. The van der Waals surface area contributed by atoms with Crippen molar-refractivity contribution in [1.29, 1.82) is 0 Å². The van der Waals surface area contributed by atoms with Crippen LogP contribution in [0.2, 0.25) is 0 Å². The number of aryl methyl sites for hydroxylation is 2. The lowest BCUT2D eigenvalue weighted by molar-refractivity contribution is -0.136. The molecule has 2 aromatic rings. The average molecular weight is 341 g/mol. The summed E-state index contributed by atoms with van der Waals surface area (Å²) in [4.78, 5) is 41.9. The van der Waals surface area contributed by atoms with E-state index in [0.29, 0.717) is 17.8 Å². The predicted octanol–water partition coefficient (Wildman–Crippen LogP) is 1.95. The van der Waals surface area contributed by atoms with Crippen molar-refractivity contribution < 1.29 is 19.1 Å². The van der Waals surface area contributed by atoms with E-state index in [1.54, 1.807) is 6.92 Å². The zero-order valence-corrected chi connectivity index (χ0v) is 14.3. The van der Waals surface area contributed by atoms with Gasteiger partial charge in [0.2, 0.25) is 0 Å². The van der Waals surface area contributed by atoms with Crippen LogP contribution in [0.4, 0.5) is 4.79 Å². The lowest BCUT2D eigenvalue weighted by Gasteiger charge is -2.19. The van der Waals surface area contributed by atoms with Gasteiger partial charge in [-0.25, -0.2) is 9.59 Å². The molecule has 1 atom stereocenters. The standard InChI is InChI=1S/C18H19N3O4/c1-10-13-6-4-5-7-14(13)20-11(2)15(10)17(23)25-12(3)16(22)21-9-8-19-18(21)24/h4-7,12H,8-9H2,1-3H3,(H,19,24). The van der Waals surface area contributed by atoms with Crippen molar-refractivity contribution in [2.24, 2.45) is 0 Å². The Morgan fingerprint density at radius 3 is 2.68 bits per heavy atom. The quantitative estimate of drug-likeness (QED) is 0.862. The molecule has 1 unspecified atom stereocenters. The Morgan fingerprint density at radius 1 is 1.28 bits per heavy atom. The van der Waals surface area contributed by atoms with Gasteiger partial charge in [-0.2, -0.15) is 0 Å². The number of para-hydroxylation sites is 1. The van der Waals surface area contributed by atoms with Crippen molar-refractivity contribution in [3.63, 3.8) is 0 Å². The number of ether oxygens (including phenoxy) is 1. The number of carbonyl (C=O) groups excluding carboxylic acids is 3. The molecule has 1 aromatic carbocycles. The third-order valence-electron chi connectivity index (χ3n) is 4.29. The SMILES string of the molecule is Cc1nc2ccccc2c(C)c1C(=O)OC(C)C(=O)N1CCNC1=O. The van der Waals surface area contributed by atoms with Gasteiger partial charge in [-0.15, -0.1) is 0 Å². The van der Waals surface area contributed by atoms with Crippen LogP contribution in [0.15, 0.2) is 24.3 Å². The lowest BCUT2D eigenvalue weighted by Crippen LogP contribution is -2.41. The normalized spacial score (nSPS) is 15.2. The number of hydrogen-bond acceptors (Lipinski definition) is 5. The maximum atomic E-state index is 12.6. The number of nitrogens with zero attached hydrogens (tertiary/aromatic N) is 2. The highest BCUT2D eigenvalue weighted by Gasteiger charge is 2.32. The second-order valence-corrected chi connectivity index (χ2v) is 5.98. The fourth-order valence-corrected chi connectivity index (χ4v) is 3.00. The number of imide groups is 1. The number of urea groups is 1. The highest BCUT2D eigenvalue weighted by atomic mass is 16.5. The van der Waals surface area contributed by atoms with Gasteiger partial charge in [0.1, 0.15) is 0 Å². The molecule has 130 valence electrons. The summed E-state index contributed by atoms with van der Waals surface area (Å²) in [5.41, 5.74) is 2.45. The number of aromatic nitrogens is 1. The molecule has 0 saturated carbocycles. The summed E-state index contributed by atoms with van der Waals surface area (Å²) in [5.74, 6) is -1.15. The van der Waals surface area contributed by atoms with Gasteiger partial charge in [0, 0.05) is 18.5 Å². The van der Waals surface area contributed by atoms with Crippen LogP contribution in [0.3, 0.4) is 0 Å². The molecule has 7 nitrogen and oxygen atoms in total. The first-order valence-electron chi connectivity index (χ1n) is 8.06. The first kappa shape index (κ1) is 16.9. The van der Waals surface area contributed by atoms with Gasteiger partial charge in [0.05, 0.1) is 16.8 Å². The maximum absolute atomic E-state index is 12.6. The molecule has 0 bridgehead atoms. The van der Waals surface area contributed by atoms with Crippen molar-refractivity contribution in [2.45, 2.75) is 26.9 Å². The largest absolute Gasteiger partial charge is 0.449 e. The summed E-state index contributed by atoms with van der Waals surface area (Å²) in [7, 11) is 0. The van der Waals surface area contributed by atoms with Crippen LogP contribution >= 0.6 is 0 Å². The van der Waals surface area contributed by atoms with E-state index in [1.165, 1.54) is 6.92 Å². The third kappa shape index (κ3) is 3.05. The molecule has 3 rings (SSSR count). The summed E-state index contributed by atoms with van der Waals surface area (Å²) in [6.45, 7) is 5.70. The average Bonchev–Trinajstić information content (AvgIpc) is 3.00. The smallest absolute Gasteiger partial charge is 0.341 e. The van der Waals surface area contributed by atoms with Crippen LogP contribution < -0.4 is 5.32 Å². The Kier molecular flexibility index (Phi) is 4.39. The first-order chi connectivity index (χ1) is 11.9. The molecule has 1 aromatic heterocycles. The predicted molar refractivity (Wildman–Crippen MR) is 91.2 cm³/mol. The molecule has 2 heterocycles. The topological polar surface area (TPSA) is 88.6 Å². The lowest BCUT2D eigenvalue weighted by atomic mass is 10.0. The number of pyridine rings is 1. The van der Waals surface area contributed by atoms with Crippen LogP contribution in [-0.4, -0.2) is 47.0 Å². The second-order valence-electron chi connectivity index (χ2n) is 5.98. The van der Waals surface area contributed by atoms with E-state index in [1.807, 2.05) is 31.2 Å². The van der Waals surface area contributed by atoms with Gasteiger partial charge < -0.3 is 10.1 Å². The second kappa shape index (κ2) is 6.51. The molecule has 1 fully saturated rings. The maximum Gasteiger partial charge on any atom is 0.341 e. The van der Waals surface area contributed by atoms with Crippen LogP contribution in [0.25, 0.3) is 10.9 Å². The van der Waals surface area contributed by atoms with Gasteiger partial charge in [0.15, 0.2) is 6.10 Å². The minimum Gasteiger partial charge on any atom is -0.449 e. The van der Waals surface area contributed by atoms with Crippen molar-refractivity contribution in [3.8, 4) is 0 Å². The highest BCUT2D eigenvalue weighted by molar-refractivity contribution is 6.01. The summed E-state index contributed by atoms with van der Waals surface area (Å²) >= 11 is 0. The van der Waals surface area contributed by atoms with Gasteiger partial charge in [0.25, 0.3) is 5.91 Å². The third-order valence-corrected chi connectivity index (χ3v) is 4.29. The Hall–Kier alpha value is -2.96. The highest BCUT2D eigenvalue weighted by Crippen LogP contribution is 2.23. The molecule has 3 amide bonds. The number of amides is 3. The number of rotatable bonds is 3. The van der Waals surface area contributed by atoms with Crippen LogP contribution in [0, 0.1) is 13.8 Å². The zero-order chi connectivity index (χ0) is 18.1. The molecule has 1 N–H and O–H groups in total. The zero-order valence-electron chi connectivity index (χ0n) is 14.3. The Balaban J connectivity index is 1.85. The number of nitrogens with one attached hydrogen (secondary N) is 1. The van der Waals surface area contributed by atoms with E-state index in [4.69, 9.17) is 4.74 Å². The minimum atomic E-state index is -1.05. The van der Waals surface area contributed by atoms with Crippen molar-refractivity contribution in [1.82, 2.24) is 15.2 Å². The first-order valence-corrected chi connectivity index (χ1v) is 8.06. The molecule has 0 aliphatic carbocycles. The molecule has 1 saturated heterocycles. The van der Waals surface area contributed by atoms with Crippen molar-refractivity contribution in [2.75, 3.05) is 13.1 Å². The monoisotopic (exact) mass is 341 g/mol. The summed E-state index contributed by atoms with van der Waals surface area (Å²) in [5, 5.41) is 3.40. The summed E-state index contributed by atoms with van der Waals surface area (Å²) in [6, 6.07) is 7.06. The summed E-state index contributed by atoms with van der Waals surface area (Å²) < 4.78 is 5.32. The van der Waals surface area contributed by atoms with E-state index >= 15 is 0 Å². The van der Waals surface area contributed by atoms with Crippen LogP contribution in [0.1, 0.15) is 28.5 Å². The fraction of sp³-hybridized carbons (Fsp3) is 0.333. The van der Waals surface area contributed by atoms with Crippen molar-refractivity contribution in [3.05, 3.63) is 41.1 Å². The molecular formula is C18H19N3O4. The fourth-order valence-electron chi connectivity index (χ4n) is 3.00. The molecule has 7 heteroatoms. The Morgan fingerprint density at radius 2 is 2.00 bits per heavy atom. The van der Waals surface area contributed by atoms with Gasteiger partial charge in [-0.05, 0) is 32.4 Å². The molecule has 1 aliphatic rings. The van der Waals surface area contributed by atoms with Crippen LogP contribution in [-0.2, 0) is 9.53 Å². The van der Waals surface area contributed by atoms with Crippen LogP contribution in [0.5, 0.6) is 0 Å². The number of hydrogen-bond donors (Lipinski definition) is 1. The van der Waals surface area contributed by atoms with E-state index in [9.17, 15) is 14.4 Å². The van der Waals surface area contributed by atoms with Gasteiger partial charge in [-0.3, -0.25) is 14.7 Å². The summed E-state index contributed by atoms with van der Waals surface area (Å²) in [6.07, 6.45) is -1.05. The Bertz CT molecular complexity index is 878. The molecular weight excluding hydrogens is 322 g/mol.